The lowest BCUT2D eigenvalue weighted by molar-refractivity contribution is -0.143. The maximum absolute atomic E-state index is 13.1. The Kier molecular flexibility index (Phi) is 5.60. The summed E-state index contributed by atoms with van der Waals surface area (Å²) in [6.45, 7) is 0.222. The molecule has 3 aromatic carbocycles. The summed E-state index contributed by atoms with van der Waals surface area (Å²) in [6, 6.07) is 20.5. The summed E-state index contributed by atoms with van der Waals surface area (Å²) in [5.41, 5.74) is 2.23. The molecule has 2 aliphatic rings. The Bertz CT molecular complexity index is 1230. The Balaban J connectivity index is 1.46. The van der Waals surface area contributed by atoms with E-state index >= 15 is 0 Å². The van der Waals surface area contributed by atoms with Gasteiger partial charge in [-0.2, -0.15) is 5.06 Å². The predicted molar refractivity (Wildman–Crippen MR) is 121 cm³/mol. The maximum atomic E-state index is 13.1. The molecule has 0 spiro atoms. The molecule has 2 N–H and O–H groups in total. The van der Waals surface area contributed by atoms with E-state index in [1.807, 2.05) is 36.4 Å². The second-order valence-corrected chi connectivity index (χ2v) is 7.92. The Hall–Kier alpha value is -4.37. The fourth-order valence-corrected chi connectivity index (χ4v) is 4.33. The molecular weight excluding hydrogens is 438 g/mol. The highest BCUT2D eigenvalue weighted by atomic mass is 16.7. The fraction of sp³-hybridized carbons (Fsp3) is 0.160. The van der Waals surface area contributed by atoms with Gasteiger partial charge in [0.2, 0.25) is 0 Å². The smallest absolute Gasteiger partial charge is 0.417 e. The third-order valence-electron chi connectivity index (χ3n) is 5.80. The number of urea groups is 1. The van der Waals surface area contributed by atoms with E-state index in [9.17, 15) is 19.5 Å². The van der Waals surface area contributed by atoms with E-state index in [-0.39, 0.29) is 18.9 Å². The van der Waals surface area contributed by atoms with Gasteiger partial charge < -0.3 is 14.7 Å². The van der Waals surface area contributed by atoms with Gasteiger partial charge in [-0.1, -0.05) is 60.7 Å². The molecule has 0 aliphatic carbocycles. The first kappa shape index (κ1) is 21.5. The molecule has 1 unspecified atom stereocenters. The molecule has 2 aliphatic heterocycles. The molecule has 0 radical (unpaired) electrons. The maximum Gasteiger partial charge on any atom is 0.417 e. The lowest BCUT2D eigenvalue weighted by atomic mass is 9.90. The summed E-state index contributed by atoms with van der Waals surface area (Å²) < 4.78 is 5.59. The van der Waals surface area contributed by atoms with E-state index < -0.39 is 30.2 Å². The zero-order valence-electron chi connectivity index (χ0n) is 18.0. The lowest BCUT2D eigenvalue weighted by Gasteiger charge is -2.31. The Morgan fingerprint density at radius 3 is 2.38 bits per heavy atom. The number of rotatable bonds is 6. The van der Waals surface area contributed by atoms with E-state index in [1.165, 1.54) is 9.96 Å². The first-order chi connectivity index (χ1) is 16.5. The molecule has 34 heavy (non-hydrogen) atoms. The minimum Gasteiger partial charge on any atom is -0.479 e. The molecule has 0 saturated carbocycles. The van der Waals surface area contributed by atoms with E-state index in [0.717, 1.165) is 5.56 Å². The van der Waals surface area contributed by atoms with Gasteiger partial charge in [0.1, 0.15) is 18.4 Å². The normalized spacial score (nSPS) is 18.4. The predicted octanol–water partition coefficient (Wildman–Crippen LogP) is 4.35. The van der Waals surface area contributed by atoms with Crippen LogP contribution in [0.25, 0.3) is 0 Å². The standard InChI is InChI=1S/C25H21N3O6/c29-23(30)22-18-12-7-13-20(34-24(31)26-17-10-5-2-6-11-17)21(18)19-14-27(22)25(32)28(19)33-15-16-8-3-1-4-9-16/h1-13,19,22H,14-15H2,(H,26,31)(H,29,30)/t19-,22?/m1/s1. The first-order valence-corrected chi connectivity index (χ1v) is 10.7. The molecule has 9 heteroatoms. The minimum atomic E-state index is -1.22. The van der Waals surface area contributed by atoms with Gasteiger partial charge in [-0.05, 0) is 29.3 Å². The second-order valence-electron chi connectivity index (χ2n) is 7.92. The van der Waals surface area contributed by atoms with Gasteiger partial charge in [0, 0.05) is 11.3 Å². The van der Waals surface area contributed by atoms with Crippen LogP contribution in [0.15, 0.2) is 78.9 Å². The lowest BCUT2D eigenvalue weighted by Crippen LogP contribution is -2.38. The van der Waals surface area contributed by atoms with E-state index in [4.69, 9.17) is 9.57 Å². The molecule has 1 fully saturated rings. The average Bonchev–Trinajstić information content (AvgIpc) is 3.10. The summed E-state index contributed by atoms with van der Waals surface area (Å²) in [4.78, 5) is 44.9. The number of nitrogens with zero attached hydrogens (tertiary/aromatic N) is 2. The van der Waals surface area contributed by atoms with Crippen molar-refractivity contribution in [3.05, 3.63) is 95.6 Å². The zero-order valence-corrected chi connectivity index (χ0v) is 18.0. The quantitative estimate of drug-likeness (QED) is 0.568. The summed E-state index contributed by atoms with van der Waals surface area (Å²) >= 11 is 0. The molecule has 2 bridgehead atoms. The Morgan fingerprint density at radius 1 is 0.971 bits per heavy atom. The van der Waals surface area contributed by atoms with Gasteiger partial charge in [-0.25, -0.2) is 14.4 Å². The SMILES string of the molecule is O=C(Nc1ccccc1)Oc1cccc2c1[C@H]1CN(C(=O)N1OCc1ccccc1)C2C(=O)O. The summed E-state index contributed by atoms with van der Waals surface area (Å²) in [5, 5.41) is 13.7. The summed E-state index contributed by atoms with van der Waals surface area (Å²) in [7, 11) is 0. The number of hydrogen-bond donors (Lipinski definition) is 2. The molecule has 0 aromatic heterocycles. The van der Waals surface area contributed by atoms with E-state index in [1.54, 1.807) is 42.5 Å². The van der Waals surface area contributed by atoms with Crippen LogP contribution in [0.2, 0.25) is 0 Å². The summed E-state index contributed by atoms with van der Waals surface area (Å²) in [6.07, 6.45) is -0.727. The third-order valence-corrected chi connectivity index (χ3v) is 5.80. The second kappa shape index (κ2) is 8.87. The van der Waals surface area contributed by atoms with Crippen molar-refractivity contribution in [1.82, 2.24) is 9.96 Å². The van der Waals surface area contributed by atoms with Crippen molar-refractivity contribution >= 4 is 23.8 Å². The number of carbonyl (C=O) groups excluding carboxylic acids is 2. The highest BCUT2D eigenvalue weighted by molar-refractivity contribution is 5.89. The van der Waals surface area contributed by atoms with Crippen molar-refractivity contribution in [3.63, 3.8) is 0 Å². The van der Waals surface area contributed by atoms with Gasteiger partial charge in [-0.15, -0.1) is 0 Å². The Labute approximate surface area is 195 Å². The van der Waals surface area contributed by atoms with Gasteiger partial charge in [-0.3, -0.25) is 10.2 Å². The molecule has 3 aromatic rings. The molecule has 1 saturated heterocycles. The number of carboxylic acids is 1. The van der Waals surface area contributed by atoms with Crippen molar-refractivity contribution in [2.45, 2.75) is 18.7 Å². The van der Waals surface area contributed by atoms with Crippen LogP contribution in [0.1, 0.15) is 28.8 Å². The van der Waals surface area contributed by atoms with Crippen molar-refractivity contribution in [3.8, 4) is 5.75 Å². The van der Waals surface area contributed by atoms with E-state index in [0.29, 0.717) is 16.8 Å². The molecule has 9 nitrogen and oxygen atoms in total. The third kappa shape index (κ3) is 3.93. The van der Waals surface area contributed by atoms with Crippen molar-refractivity contribution in [1.29, 1.82) is 0 Å². The Morgan fingerprint density at radius 2 is 1.68 bits per heavy atom. The number of benzene rings is 3. The highest BCUT2D eigenvalue weighted by Gasteiger charge is 2.52. The van der Waals surface area contributed by atoms with Crippen molar-refractivity contribution < 1.29 is 29.1 Å². The number of para-hydroxylation sites is 1. The van der Waals surface area contributed by atoms with Crippen LogP contribution in [-0.2, 0) is 16.2 Å². The van der Waals surface area contributed by atoms with Crippen molar-refractivity contribution in [2.75, 3.05) is 11.9 Å². The topological polar surface area (TPSA) is 108 Å². The number of nitrogens with one attached hydrogen (secondary N) is 1. The molecule has 172 valence electrons. The van der Waals surface area contributed by atoms with Crippen LogP contribution in [0.3, 0.4) is 0 Å². The zero-order chi connectivity index (χ0) is 23.7. The van der Waals surface area contributed by atoms with Gasteiger partial charge >= 0.3 is 18.1 Å². The fourth-order valence-electron chi connectivity index (χ4n) is 4.33. The van der Waals surface area contributed by atoms with Crippen LogP contribution in [0.4, 0.5) is 15.3 Å². The molecule has 5 rings (SSSR count). The monoisotopic (exact) mass is 459 g/mol. The summed E-state index contributed by atoms with van der Waals surface area (Å²) in [5.74, 6) is -1.01. The number of carboxylic acid groups (broad SMARTS) is 1. The van der Waals surface area contributed by atoms with Crippen LogP contribution in [-0.4, -0.2) is 39.7 Å². The number of ether oxygens (including phenoxy) is 1. The number of hydrogen-bond acceptors (Lipinski definition) is 5. The van der Waals surface area contributed by atoms with Crippen LogP contribution in [0.5, 0.6) is 5.75 Å². The van der Waals surface area contributed by atoms with Crippen LogP contribution < -0.4 is 10.1 Å². The number of fused-ring (bicyclic) bond motifs is 4. The molecule has 2 heterocycles. The number of anilines is 1. The molecule has 3 amide bonds. The largest absolute Gasteiger partial charge is 0.479 e. The van der Waals surface area contributed by atoms with Gasteiger partial charge in [0.15, 0.2) is 6.04 Å². The van der Waals surface area contributed by atoms with Crippen LogP contribution >= 0.6 is 0 Å². The number of aliphatic carboxylic acids is 1. The molecular formula is C25H21N3O6. The minimum absolute atomic E-state index is 0.0955. The highest BCUT2D eigenvalue weighted by Crippen LogP contribution is 2.47. The van der Waals surface area contributed by atoms with Crippen LogP contribution in [0, 0.1) is 0 Å². The van der Waals surface area contributed by atoms with Crippen molar-refractivity contribution in [2.24, 2.45) is 0 Å². The number of amides is 3. The van der Waals surface area contributed by atoms with E-state index in [2.05, 4.69) is 5.32 Å². The van der Waals surface area contributed by atoms with Gasteiger partial charge in [0.25, 0.3) is 0 Å². The molecule has 2 atom stereocenters. The number of carbonyl (C=O) groups is 3. The number of hydroxylamine groups is 2. The first-order valence-electron chi connectivity index (χ1n) is 10.7. The van der Waals surface area contributed by atoms with Gasteiger partial charge in [0.05, 0.1) is 6.54 Å². The average molecular weight is 459 g/mol.